The molecule has 0 atom stereocenters. The first-order chi connectivity index (χ1) is 7.81. The first-order valence-electron chi connectivity index (χ1n) is 4.80. The molecule has 0 aliphatic carbocycles. The number of carbonyl (C=O) groups excluding carboxylic acids is 1. The van der Waals surface area contributed by atoms with E-state index in [0.29, 0.717) is 17.9 Å². The fourth-order valence-corrected chi connectivity index (χ4v) is 1.28. The molecule has 0 aliphatic heterocycles. The van der Waals surface area contributed by atoms with Crippen molar-refractivity contribution in [3.05, 3.63) is 36.5 Å². The molecule has 0 spiro atoms. The molecule has 2 rings (SSSR count). The highest BCUT2D eigenvalue weighted by molar-refractivity contribution is 5.97. The van der Waals surface area contributed by atoms with E-state index in [9.17, 15) is 4.79 Å². The van der Waals surface area contributed by atoms with Crippen molar-refractivity contribution < 1.29 is 4.79 Å². The number of likely N-dealkylation sites (N-methyl/N-ethyl adjacent to an activating group) is 1. The van der Waals surface area contributed by atoms with Crippen LogP contribution in [-0.2, 0) is 0 Å². The monoisotopic (exact) mass is 217 g/mol. The average Bonchev–Trinajstić information content (AvgIpc) is 2.83. The number of hydrogen-bond donors (Lipinski definition) is 1. The molecule has 0 aromatic carbocycles. The van der Waals surface area contributed by atoms with Crippen molar-refractivity contribution in [3.63, 3.8) is 0 Å². The Morgan fingerprint density at radius 1 is 1.50 bits per heavy atom. The van der Waals surface area contributed by atoms with Gasteiger partial charge in [0.15, 0.2) is 11.6 Å². The van der Waals surface area contributed by atoms with Crippen LogP contribution in [0, 0.1) is 0 Å². The molecule has 0 saturated carbocycles. The van der Waals surface area contributed by atoms with Crippen LogP contribution < -0.4 is 5.32 Å². The molecule has 0 amide bonds. The zero-order valence-electron chi connectivity index (χ0n) is 8.79. The van der Waals surface area contributed by atoms with Crippen LogP contribution in [0.15, 0.2) is 31.0 Å². The largest absolute Gasteiger partial charge is 0.313 e. The van der Waals surface area contributed by atoms with Crippen LogP contribution in [0.3, 0.4) is 0 Å². The van der Waals surface area contributed by atoms with Gasteiger partial charge in [-0.05, 0) is 19.2 Å². The number of rotatable bonds is 4. The molecule has 82 valence electrons. The molecule has 0 unspecified atom stereocenters. The molecule has 2 aromatic rings. The lowest BCUT2D eigenvalue weighted by Gasteiger charge is -2.01. The smallest absolute Gasteiger partial charge is 0.178 e. The summed E-state index contributed by atoms with van der Waals surface area (Å²) in [5.74, 6) is 0.652. The third-order valence-corrected chi connectivity index (χ3v) is 2.06. The lowest BCUT2D eigenvalue weighted by atomic mass is 10.2. The van der Waals surface area contributed by atoms with Gasteiger partial charge in [-0.15, -0.1) is 0 Å². The standard InChI is InChI=1S/C10H11N5O/c1-11-5-9(16)8-2-3-10(13-4-8)15-7-12-6-14-15/h2-4,6-7,11H,5H2,1H3. The lowest BCUT2D eigenvalue weighted by molar-refractivity contribution is 0.0993. The Labute approximate surface area is 92.3 Å². The Hall–Kier alpha value is -2.08. The zero-order valence-corrected chi connectivity index (χ0v) is 8.79. The van der Waals surface area contributed by atoms with Gasteiger partial charge in [0.1, 0.15) is 12.7 Å². The Morgan fingerprint density at radius 3 is 2.94 bits per heavy atom. The summed E-state index contributed by atoms with van der Waals surface area (Å²) in [6, 6.07) is 3.46. The van der Waals surface area contributed by atoms with Crippen molar-refractivity contribution in [1.29, 1.82) is 0 Å². The van der Waals surface area contributed by atoms with Crippen molar-refractivity contribution in [2.75, 3.05) is 13.6 Å². The van der Waals surface area contributed by atoms with Crippen LogP contribution in [0.4, 0.5) is 0 Å². The second kappa shape index (κ2) is 4.63. The molecule has 0 saturated heterocycles. The topological polar surface area (TPSA) is 72.7 Å². The van der Waals surface area contributed by atoms with Gasteiger partial charge < -0.3 is 5.32 Å². The van der Waals surface area contributed by atoms with Gasteiger partial charge >= 0.3 is 0 Å². The zero-order chi connectivity index (χ0) is 11.4. The van der Waals surface area contributed by atoms with E-state index < -0.39 is 0 Å². The highest BCUT2D eigenvalue weighted by Gasteiger charge is 2.05. The summed E-state index contributed by atoms with van der Waals surface area (Å²) in [6.45, 7) is 0.310. The van der Waals surface area contributed by atoms with E-state index in [1.807, 2.05) is 0 Å². The molecule has 1 N–H and O–H groups in total. The molecule has 0 bridgehead atoms. The summed E-state index contributed by atoms with van der Waals surface area (Å²) in [4.78, 5) is 19.5. The number of aromatic nitrogens is 4. The number of nitrogens with zero attached hydrogens (tertiary/aromatic N) is 4. The third-order valence-electron chi connectivity index (χ3n) is 2.06. The molecule has 0 fully saturated rings. The van der Waals surface area contributed by atoms with Crippen LogP contribution in [-0.4, -0.2) is 39.1 Å². The maximum atomic E-state index is 11.5. The minimum absolute atomic E-state index is 0.0140. The second-order valence-electron chi connectivity index (χ2n) is 3.20. The van der Waals surface area contributed by atoms with Gasteiger partial charge in [0.25, 0.3) is 0 Å². The normalized spacial score (nSPS) is 10.3. The predicted molar refractivity (Wildman–Crippen MR) is 57.4 cm³/mol. The molecule has 6 heteroatoms. The summed E-state index contributed by atoms with van der Waals surface area (Å²) in [5.41, 5.74) is 0.582. The van der Waals surface area contributed by atoms with E-state index in [2.05, 4.69) is 20.4 Å². The Kier molecular flexibility index (Phi) is 3.02. The number of nitrogens with one attached hydrogen (secondary N) is 1. The summed E-state index contributed by atoms with van der Waals surface area (Å²) < 4.78 is 1.53. The number of ketones is 1. The van der Waals surface area contributed by atoms with Crippen LogP contribution in [0.5, 0.6) is 0 Å². The van der Waals surface area contributed by atoms with Gasteiger partial charge in [0, 0.05) is 11.8 Å². The van der Waals surface area contributed by atoms with Crippen molar-refractivity contribution in [2.24, 2.45) is 0 Å². The van der Waals surface area contributed by atoms with E-state index in [1.165, 1.54) is 17.2 Å². The molecule has 16 heavy (non-hydrogen) atoms. The quantitative estimate of drug-likeness (QED) is 0.733. The van der Waals surface area contributed by atoms with Gasteiger partial charge in [-0.1, -0.05) is 0 Å². The minimum Gasteiger partial charge on any atom is -0.313 e. The molecule has 0 aliphatic rings. The highest BCUT2D eigenvalue weighted by Crippen LogP contribution is 2.04. The van der Waals surface area contributed by atoms with E-state index in [1.54, 1.807) is 25.5 Å². The van der Waals surface area contributed by atoms with E-state index in [4.69, 9.17) is 0 Å². The van der Waals surface area contributed by atoms with Gasteiger partial charge in [0.05, 0.1) is 6.54 Å². The maximum Gasteiger partial charge on any atom is 0.178 e. The predicted octanol–water partition coefficient (Wildman–Crippen LogP) is 0.0644. The number of hydrogen-bond acceptors (Lipinski definition) is 5. The fourth-order valence-electron chi connectivity index (χ4n) is 1.28. The average molecular weight is 217 g/mol. The molecular weight excluding hydrogens is 206 g/mol. The van der Waals surface area contributed by atoms with Crippen molar-refractivity contribution >= 4 is 5.78 Å². The first-order valence-corrected chi connectivity index (χ1v) is 4.80. The number of Topliss-reactive ketones (excluding diaryl/α,β-unsaturated/α-hetero) is 1. The lowest BCUT2D eigenvalue weighted by Crippen LogP contribution is -2.18. The van der Waals surface area contributed by atoms with Gasteiger partial charge in [-0.3, -0.25) is 4.79 Å². The molecule has 0 radical (unpaired) electrons. The number of carbonyl (C=O) groups is 1. The summed E-state index contributed by atoms with van der Waals surface area (Å²) in [5, 5.41) is 6.75. The molecule has 2 aromatic heterocycles. The van der Waals surface area contributed by atoms with Crippen molar-refractivity contribution in [1.82, 2.24) is 25.1 Å². The van der Waals surface area contributed by atoms with Crippen LogP contribution in [0.2, 0.25) is 0 Å². The Bertz CT molecular complexity index is 462. The number of pyridine rings is 1. The first kappa shape index (κ1) is 10.4. The van der Waals surface area contributed by atoms with Crippen LogP contribution in [0.25, 0.3) is 5.82 Å². The van der Waals surface area contributed by atoms with Crippen molar-refractivity contribution in [2.45, 2.75) is 0 Å². The van der Waals surface area contributed by atoms with Crippen molar-refractivity contribution in [3.8, 4) is 5.82 Å². The van der Waals surface area contributed by atoms with Crippen LogP contribution >= 0.6 is 0 Å². The van der Waals surface area contributed by atoms with Crippen LogP contribution in [0.1, 0.15) is 10.4 Å². The maximum absolute atomic E-state index is 11.5. The fraction of sp³-hybridized carbons (Fsp3) is 0.200. The van der Waals surface area contributed by atoms with Gasteiger partial charge in [-0.25, -0.2) is 14.6 Å². The van der Waals surface area contributed by atoms with Gasteiger partial charge in [0.2, 0.25) is 0 Å². The minimum atomic E-state index is 0.0140. The SMILES string of the molecule is CNCC(=O)c1ccc(-n2cncn2)nc1. The third kappa shape index (κ3) is 2.12. The summed E-state index contributed by atoms with van der Waals surface area (Å²) in [7, 11) is 1.73. The molecule has 2 heterocycles. The van der Waals surface area contributed by atoms with E-state index in [-0.39, 0.29) is 5.78 Å². The second-order valence-corrected chi connectivity index (χ2v) is 3.20. The molecule has 6 nitrogen and oxygen atoms in total. The van der Waals surface area contributed by atoms with Gasteiger partial charge in [-0.2, -0.15) is 5.10 Å². The Balaban J connectivity index is 2.20. The highest BCUT2D eigenvalue weighted by atomic mass is 16.1. The summed E-state index contributed by atoms with van der Waals surface area (Å²) in [6.07, 6.45) is 4.52. The van der Waals surface area contributed by atoms with E-state index >= 15 is 0 Å². The molecular formula is C10H11N5O. The Morgan fingerprint density at radius 2 is 2.38 bits per heavy atom. The van der Waals surface area contributed by atoms with E-state index in [0.717, 1.165) is 0 Å². The summed E-state index contributed by atoms with van der Waals surface area (Å²) >= 11 is 0.